The zero-order chi connectivity index (χ0) is 25.9. The van der Waals surface area contributed by atoms with Crippen LogP contribution in [0.15, 0.2) is 91.0 Å². The van der Waals surface area contributed by atoms with Crippen LogP contribution in [0.5, 0.6) is 0 Å². The van der Waals surface area contributed by atoms with E-state index in [4.69, 9.17) is 27.9 Å². The standard InChI is InChI=1S/C29H24Cl2N2O4/c30-23-12-6-13-24(31)27(23)32-25-14-4-1-8-19(25)16-26(34)37-17-18-7-5-9-20(15-18)33-28(35)21-10-2-3-11-22(21)29(33)36/h1-15,28-29,32,35-36H,16-17H2. The van der Waals surface area contributed by atoms with Crippen LogP contribution in [0.4, 0.5) is 17.1 Å². The Labute approximate surface area is 224 Å². The number of ether oxygens (including phenoxy) is 1. The maximum atomic E-state index is 12.7. The minimum Gasteiger partial charge on any atom is -0.461 e. The van der Waals surface area contributed by atoms with Crippen molar-refractivity contribution in [2.45, 2.75) is 25.5 Å². The largest absolute Gasteiger partial charge is 0.461 e. The zero-order valence-electron chi connectivity index (χ0n) is 19.6. The molecule has 1 heterocycles. The summed E-state index contributed by atoms with van der Waals surface area (Å²) in [6, 6.07) is 27.1. The van der Waals surface area contributed by atoms with Crippen LogP contribution in [0.1, 0.15) is 34.7 Å². The molecule has 0 radical (unpaired) electrons. The average Bonchev–Trinajstić information content (AvgIpc) is 3.16. The van der Waals surface area contributed by atoms with Crippen LogP contribution in [0.3, 0.4) is 0 Å². The van der Waals surface area contributed by atoms with Gasteiger partial charge in [0, 0.05) is 22.5 Å². The number of nitrogens with one attached hydrogen (secondary N) is 1. The molecule has 2 atom stereocenters. The van der Waals surface area contributed by atoms with Crippen molar-refractivity contribution in [2.24, 2.45) is 0 Å². The highest BCUT2D eigenvalue weighted by atomic mass is 35.5. The Hall–Kier alpha value is -3.55. The van der Waals surface area contributed by atoms with Crippen molar-refractivity contribution in [2.75, 3.05) is 10.2 Å². The second-order valence-corrected chi connectivity index (χ2v) is 9.48. The Kier molecular flexibility index (Phi) is 7.35. The van der Waals surface area contributed by atoms with Gasteiger partial charge in [0.2, 0.25) is 0 Å². The van der Waals surface area contributed by atoms with Crippen molar-refractivity contribution in [1.82, 2.24) is 0 Å². The molecule has 2 unspecified atom stereocenters. The topological polar surface area (TPSA) is 82.0 Å². The molecule has 188 valence electrons. The van der Waals surface area contributed by atoms with E-state index in [-0.39, 0.29) is 13.0 Å². The van der Waals surface area contributed by atoms with E-state index in [1.165, 1.54) is 4.90 Å². The van der Waals surface area contributed by atoms with E-state index in [0.717, 1.165) is 11.1 Å². The zero-order valence-corrected chi connectivity index (χ0v) is 21.2. The predicted octanol–water partition coefficient (Wildman–Crippen LogP) is 6.52. The highest BCUT2D eigenvalue weighted by Crippen LogP contribution is 2.42. The third-order valence-corrected chi connectivity index (χ3v) is 6.89. The van der Waals surface area contributed by atoms with Crippen molar-refractivity contribution in [3.8, 4) is 0 Å². The number of rotatable bonds is 7. The van der Waals surface area contributed by atoms with E-state index in [9.17, 15) is 15.0 Å². The number of carbonyl (C=O) groups is 1. The molecular formula is C29H24Cl2N2O4. The molecule has 0 aromatic heterocycles. The molecule has 1 aliphatic heterocycles. The number of benzene rings is 4. The summed E-state index contributed by atoms with van der Waals surface area (Å²) in [7, 11) is 0. The van der Waals surface area contributed by atoms with Crippen molar-refractivity contribution in [3.05, 3.63) is 123 Å². The third-order valence-electron chi connectivity index (χ3n) is 6.26. The van der Waals surface area contributed by atoms with Gasteiger partial charge in [-0.25, -0.2) is 0 Å². The maximum absolute atomic E-state index is 12.7. The van der Waals surface area contributed by atoms with Gasteiger partial charge in [-0.2, -0.15) is 0 Å². The summed E-state index contributed by atoms with van der Waals surface area (Å²) in [6.45, 7) is 0.0472. The lowest BCUT2D eigenvalue weighted by Gasteiger charge is -2.27. The summed E-state index contributed by atoms with van der Waals surface area (Å²) < 4.78 is 5.56. The molecule has 5 rings (SSSR count). The third kappa shape index (κ3) is 5.29. The summed E-state index contributed by atoms with van der Waals surface area (Å²) in [5, 5.41) is 25.7. The minimum absolute atomic E-state index is 0.0454. The molecule has 6 nitrogen and oxygen atoms in total. The Bertz CT molecular complexity index is 1400. The number of aliphatic hydroxyl groups excluding tert-OH is 2. The minimum atomic E-state index is -0.973. The van der Waals surface area contributed by atoms with Crippen LogP contribution in [0, 0.1) is 0 Å². The van der Waals surface area contributed by atoms with Crippen LogP contribution < -0.4 is 10.2 Å². The number of fused-ring (bicyclic) bond motifs is 1. The number of para-hydroxylation sites is 2. The van der Waals surface area contributed by atoms with Crippen LogP contribution in [-0.2, 0) is 22.6 Å². The van der Waals surface area contributed by atoms with E-state index in [2.05, 4.69) is 5.32 Å². The molecule has 3 N–H and O–H groups in total. The van der Waals surface area contributed by atoms with Crippen molar-refractivity contribution in [1.29, 1.82) is 0 Å². The molecule has 4 aromatic rings. The molecule has 4 aromatic carbocycles. The lowest BCUT2D eigenvalue weighted by Crippen LogP contribution is -2.25. The molecule has 0 saturated heterocycles. The van der Waals surface area contributed by atoms with Gasteiger partial charge in [0.15, 0.2) is 12.5 Å². The Balaban J connectivity index is 1.25. The lowest BCUT2D eigenvalue weighted by atomic mass is 10.1. The summed E-state index contributed by atoms with van der Waals surface area (Å²) in [5.74, 6) is -0.404. The van der Waals surface area contributed by atoms with Crippen molar-refractivity contribution >= 4 is 46.2 Å². The molecule has 1 aliphatic rings. The van der Waals surface area contributed by atoms with Gasteiger partial charge in [-0.05, 0) is 41.5 Å². The van der Waals surface area contributed by atoms with E-state index in [1.807, 2.05) is 42.5 Å². The van der Waals surface area contributed by atoms with E-state index in [1.54, 1.807) is 48.5 Å². The van der Waals surface area contributed by atoms with Gasteiger partial charge in [0.25, 0.3) is 0 Å². The Morgan fingerprint density at radius 1 is 0.838 bits per heavy atom. The summed E-state index contributed by atoms with van der Waals surface area (Å²) in [5.41, 5.74) is 4.68. The molecule has 0 fully saturated rings. The fraction of sp³-hybridized carbons (Fsp3) is 0.138. The smallest absolute Gasteiger partial charge is 0.310 e. The summed E-state index contributed by atoms with van der Waals surface area (Å²) >= 11 is 12.6. The molecule has 0 saturated carbocycles. The number of nitrogens with zero attached hydrogens (tertiary/aromatic N) is 1. The van der Waals surface area contributed by atoms with Crippen LogP contribution in [0.25, 0.3) is 0 Å². The first kappa shape index (κ1) is 25.1. The first-order valence-corrected chi connectivity index (χ1v) is 12.4. The molecule has 37 heavy (non-hydrogen) atoms. The second-order valence-electron chi connectivity index (χ2n) is 8.67. The number of aliphatic hydroxyl groups is 2. The van der Waals surface area contributed by atoms with Gasteiger partial charge in [-0.1, -0.05) is 83.9 Å². The predicted molar refractivity (Wildman–Crippen MR) is 145 cm³/mol. The Morgan fingerprint density at radius 3 is 2.16 bits per heavy atom. The fourth-order valence-corrected chi connectivity index (χ4v) is 4.91. The molecule has 0 aliphatic carbocycles. The number of carbonyl (C=O) groups excluding carboxylic acids is 1. The highest BCUT2D eigenvalue weighted by Gasteiger charge is 2.36. The van der Waals surface area contributed by atoms with Crippen molar-refractivity contribution < 1.29 is 19.7 Å². The summed E-state index contributed by atoms with van der Waals surface area (Å²) in [4.78, 5) is 14.3. The maximum Gasteiger partial charge on any atom is 0.310 e. The van der Waals surface area contributed by atoms with E-state index < -0.39 is 18.4 Å². The number of hydrogen-bond donors (Lipinski definition) is 3. The molecule has 0 bridgehead atoms. The van der Waals surface area contributed by atoms with Gasteiger partial charge >= 0.3 is 5.97 Å². The molecular weight excluding hydrogens is 511 g/mol. The normalized spacial score (nSPS) is 16.4. The molecule has 8 heteroatoms. The molecule has 0 amide bonds. The summed E-state index contributed by atoms with van der Waals surface area (Å²) in [6.07, 6.45) is -1.90. The van der Waals surface area contributed by atoms with Crippen LogP contribution >= 0.6 is 23.2 Å². The first-order valence-electron chi connectivity index (χ1n) is 11.7. The van der Waals surface area contributed by atoms with Crippen LogP contribution in [0.2, 0.25) is 10.0 Å². The van der Waals surface area contributed by atoms with Gasteiger partial charge in [0.05, 0.1) is 22.2 Å². The van der Waals surface area contributed by atoms with Gasteiger partial charge < -0.3 is 25.2 Å². The fourth-order valence-electron chi connectivity index (χ4n) is 4.42. The quantitative estimate of drug-likeness (QED) is 0.234. The number of esters is 1. The van der Waals surface area contributed by atoms with Gasteiger partial charge in [-0.15, -0.1) is 0 Å². The SMILES string of the molecule is O=C(Cc1ccccc1Nc1c(Cl)cccc1Cl)OCc1cccc(N2C(O)c3ccccc3C2O)c1. The van der Waals surface area contributed by atoms with Gasteiger partial charge in [0.1, 0.15) is 6.61 Å². The highest BCUT2D eigenvalue weighted by molar-refractivity contribution is 6.39. The first-order chi connectivity index (χ1) is 17.9. The van der Waals surface area contributed by atoms with Gasteiger partial charge in [-0.3, -0.25) is 4.79 Å². The van der Waals surface area contributed by atoms with Crippen LogP contribution in [-0.4, -0.2) is 16.2 Å². The monoisotopic (exact) mass is 534 g/mol. The molecule has 0 spiro atoms. The van der Waals surface area contributed by atoms with E-state index >= 15 is 0 Å². The number of hydrogen-bond acceptors (Lipinski definition) is 6. The number of anilines is 3. The second kappa shape index (κ2) is 10.8. The Morgan fingerprint density at radius 2 is 1.46 bits per heavy atom. The average molecular weight is 535 g/mol. The lowest BCUT2D eigenvalue weighted by molar-refractivity contribution is -0.144. The van der Waals surface area contributed by atoms with Crippen molar-refractivity contribution in [3.63, 3.8) is 0 Å². The number of halogens is 2. The van der Waals surface area contributed by atoms with E-state index in [0.29, 0.717) is 38.2 Å².